The largest absolute Gasteiger partial charge is 0.472 e. The number of likely N-dealkylation sites (tertiary alicyclic amines) is 1. The van der Waals surface area contributed by atoms with Gasteiger partial charge in [0.25, 0.3) is 5.56 Å². The molecule has 0 bridgehead atoms. The summed E-state index contributed by atoms with van der Waals surface area (Å²) in [6, 6.07) is 2.38. The van der Waals surface area contributed by atoms with Gasteiger partial charge in [-0.15, -0.1) is 0 Å². The van der Waals surface area contributed by atoms with Crippen molar-refractivity contribution in [2.24, 2.45) is 0 Å². The lowest BCUT2D eigenvalue weighted by Gasteiger charge is -2.24. The van der Waals surface area contributed by atoms with Crippen molar-refractivity contribution >= 4 is 29.3 Å². The Balaban J connectivity index is 1.36. The minimum atomic E-state index is -0.818. The molecule has 2 aliphatic rings. The lowest BCUT2D eigenvalue weighted by atomic mass is 9.93. The summed E-state index contributed by atoms with van der Waals surface area (Å²) in [5, 5.41) is 3.81. The third kappa shape index (κ3) is 6.01. The summed E-state index contributed by atoms with van der Waals surface area (Å²) in [6.45, 7) is 6.37. The number of hydrogen-bond donors (Lipinski definition) is 0. The van der Waals surface area contributed by atoms with Crippen LogP contribution in [0.2, 0.25) is 5.02 Å². The molecule has 3 heterocycles. The first-order chi connectivity index (χ1) is 17.0. The summed E-state index contributed by atoms with van der Waals surface area (Å²) in [7, 11) is 0. The Kier molecular flexibility index (Phi) is 7.30. The van der Waals surface area contributed by atoms with Crippen molar-refractivity contribution in [1.29, 1.82) is 0 Å². The SMILES string of the molecule is CC(C)(C)OC(=O)N1CC[C@H](Oc2ccc(Oc3cnn(C4CCC(=O)CC4=O)c(=O)c3Cl)cn2)C1. The Morgan fingerprint density at radius 1 is 1.14 bits per heavy atom. The van der Waals surface area contributed by atoms with E-state index in [9.17, 15) is 19.2 Å². The second-order valence-corrected chi connectivity index (χ2v) is 10.1. The van der Waals surface area contributed by atoms with Gasteiger partial charge in [-0.1, -0.05) is 11.6 Å². The van der Waals surface area contributed by atoms with Gasteiger partial charge >= 0.3 is 6.09 Å². The standard InChI is InChI=1S/C24H27ClN4O7/c1-24(2,3)36-23(33)28-9-8-16(13-28)35-20-7-5-15(11-26-20)34-19-12-27-29(22(32)21(19)25)17-6-4-14(30)10-18(17)31/h5,7,11-12,16-17H,4,6,8-10,13H2,1-3H3/t16-,17?/m0/s1. The maximum atomic E-state index is 12.7. The van der Waals surface area contributed by atoms with Crippen LogP contribution in [0.5, 0.6) is 17.4 Å². The minimum absolute atomic E-state index is 0.0107. The Labute approximate surface area is 212 Å². The van der Waals surface area contributed by atoms with Crippen molar-refractivity contribution in [3.63, 3.8) is 0 Å². The summed E-state index contributed by atoms with van der Waals surface area (Å²) in [5.74, 6) is 0.148. The van der Waals surface area contributed by atoms with Crippen molar-refractivity contribution in [1.82, 2.24) is 19.7 Å². The molecule has 1 aliphatic carbocycles. The molecule has 1 aliphatic heterocycles. The molecule has 2 aromatic rings. The van der Waals surface area contributed by atoms with E-state index < -0.39 is 17.2 Å². The van der Waals surface area contributed by atoms with Crippen molar-refractivity contribution in [3.8, 4) is 17.4 Å². The third-order valence-corrected chi connectivity index (χ3v) is 6.02. The van der Waals surface area contributed by atoms with Crippen LogP contribution in [0.4, 0.5) is 4.79 Å². The maximum absolute atomic E-state index is 12.7. The van der Waals surface area contributed by atoms with Crippen LogP contribution in [-0.2, 0) is 14.3 Å². The second kappa shape index (κ2) is 10.3. The number of pyridine rings is 1. The van der Waals surface area contributed by atoms with Crippen LogP contribution in [0.1, 0.15) is 52.5 Å². The van der Waals surface area contributed by atoms with Crippen LogP contribution in [0.3, 0.4) is 0 Å². The third-order valence-electron chi connectivity index (χ3n) is 5.67. The van der Waals surface area contributed by atoms with Crippen molar-refractivity contribution in [3.05, 3.63) is 39.9 Å². The number of rotatable bonds is 5. The molecule has 2 fully saturated rings. The number of Topliss-reactive ketones (excluding diaryl/α,β-unsaturated/α-hetero) is 2. The molecule has 4 rings (SSSR count). The molecule has 0 radical (unpaired) electrons. The Hall–Kier alpha value is -3.47. The van der Waals surface area contributed by atoms with E-state index in [4.69, 9.17) is 25.8 Å². The number of carbonyl (C=O) groups is 3. The highest BCUT2D eigenvalue weighted by molar-refractivity contribution is 6.31. The van der Waals surface area contributed by atoms with Crippen LogP contribution < -0.4 is 15.0 Å². The van der Waals surface area contributed by atoms with E-state index >= 15 is 0 Å². The lowest BCUT2D eigenvalue weighted by molar-refractivity contribution is -0.132. The van der Waals surface area contributed by atoms with E-state index in [0.29, 0.717) is 31.1 Å². The van der Waals surface area contributed by atoms with Gasteiger partial charge in [0, 0.05) is 25.5 Å². The Morgan fingerprint density at radius 3 is 2.58 bits per heavy atom. The van der Waals surface area contributed by atoms with E-state index in [0.717, 1.165) is 4.68 Å². The predicted octanol–water partition coefficient (Wildman–Crippen LogP) is 3.34. The highest BCUT2D eigenvalue weighted by Gasteiger charge is 2.32. The first-order valence-corrected chi connectivity index (χ1v) is 12.0. The molecule has 1 saturated heterocycles. The van der Waals surface area contributed by atoms with Crippen molar-refractivity contribution in [2.45, 2.75) is 64.2 Å². The number of amides is 1. The fourth-order valence-electron chi connectivity index (χ4n) is 3.95. The molecule has 1 saturated carbocycles. The van der Waals surface area contributed by atoms with Crippen LogP contribution in [0.25, 0.3) is 0 Å². The normalized spacial score (nSPS) is 20.4. The number of nitrogens with zero attached hydrogens (tertiary/aromatic N) is 4. The average Bonchev–Trinajstić information content (AvgIpc) is 3.27. The Bertz CT molecular complexity index is 1220. The lowest BCUT2D eigenvalue weighted by Crippen LogP contribution is -2.36. The van der Waals surface area contributed by atoms with Gasteiger partial charge < -0.3 is 19.1 Å². The molecule has 1 unspecified atom stereocenters. The summed E-state index contributed by atoms with van der Waals surface area (Å²) in [5.41, 5.74) is -1.24. The highest BCUT2D eigenvalue weighted by atomic mass is 35.5. The minimum Gasteiger partial charge on any atom is -0.472 e. The van der Waals surface area contributed by atoms with E-state index in [1.54, 1.807) is 17.0 Å². The van der Waals surface area contributed by atoms with E-state index in [1.807, 2.05) is 20.8 Å². The summed E-state index contributed by atoms with van der Waals surface area (Å²) in [4.78, 5) is 54.3. The molecule has 11 nitrogen and oxygen atoms in total. The van der Waals surface area contributed by atoms with Gasteiger partial charge in [0.15, 0.2) is 16.6 Å². The van der Waals surface area contributed by atoms with E-state index in [1.165, 1.54) is 12.4 Å². The summed E-state index contributed by atoms with van der Waals surface area (Å²) < 4.78 is 17.9. The Morgan fingerprint density at radius 2 is 1.92 bits per heavy atom. The zero-order valence-electron chi connectivity index (χ0n) is 20.2. The molecule has 12 heteroatoms. The number of hydrogen-bond acceptors (Lipinski definition) is 9. The number of ketones is 2. The van der Waals surface area contributed by atoms with E-state index in [2.05, 4.69) is 10.1 Å². The fourth-order valence-corrected chi connectivity index (χ4v) is 4.13. The van der Waals surface area contributed by atoms with Crippen LogP contribution in [0, 0.1) is 0 Å². The van der Waals surface area contributed by atoms with Gasteiger partial charge in [-0.3, -0.25) is 14.4 Å². The molecule has 1 amide bonds. The predicted molar refractivity (Wildman–Crippen MR) is 128 cm³/mol. The van der Waals surface area contributed by atoms with Gasteiger partial charge in [-0.2, -0.15) is 5.10 Å². The zero-order valence-corrected chi connectivity index (χ0v) is 21.0. The zero-order chi connectivity index (χ0) is 26.0. The molecule has 0 aromatic carbocycles. The summed E-state index contributed by atoms with van der Waals surface area (Å²) >= 11 is 6.20. The molecular formula is C24H27ClN4O7. The van der Waals surface area contributed by atoms with Gasteiger partial charge in [0.2, 0.25) is 5.88 Å². The number of carbonyl (C=O) groups excluding carboxylic acids is 3. The van der Waals surface area contributed by atoms with Crippen molar-refractivity contribution in [2.75, 3.05) is 13.1 Å². The van der Waals surface area contributed by atoms with Gasteiger partial charge in [-0.25, -0.2) is 14.5 Å². The van der Waals surface area contributed by atoms with Crippen LogP contribution >= 0.6 is 11.6 Å². The van der Waals surface area contributed by atoms with Crippen LogP contribution in [-0.4, -0.2) is 62.1 Å². The molecule has 0 N–H and O–H groups in total. The second-order valence-electron chi connectivity index (χ2n) is 9.70. The maximum Gasteiger partial charge on any atom is 0.410 e. The quantitative estimate of drug-likeness (QED) is 0.547. The van der Waals surface area contributed by atoms with Gasteiger partial charge in [-0.05, 0) is 33.3 Å². The highest BCUT2D eigenvalue weighted by Crippen LogP contribution is 2.29. The molecule has 36 heavy (non-hydrogen) atoms. The van der Waals surface area contributed by atoms with Crippen LogP contribution in [0.15, 0.2) is 29.3 Å². The molecule has 2 atom stereocenters. The average molecular weight is 519 g/mol. The number of halogens is 1. The molecule has 2 aromatic heterocycles. The van der Waals surface area contributed by atoms with Gasteiger partial charge in [0.1, 0.15) is 29.3 Å². The van der Waals surface area contributed by atoms with E-state index in [-0.39, 0.29) is 53.8 Å². The molecule has 0 spiro atoms. The molecular weight excluding hydrogens is 492 g/mol. The van der Waals surface area contributed by atoms with Crippen molar-refractivity contribution < 1.29 is 28.6 Å². The number of ether oxygens (including phenoxy) is 3. The number of aromatic nitrogens is 3. The van der Waals surface area contributed by atoms with Gasteiger partial charge in [0.05, 0.1) is 25.4 Å². The fraction of sp³-hybridized carbons (Fsp3) is 0.500. The molecule has 192 valence electrons. The monoisotopic (exact) mass is 518 g/mol. The topological polar surface area (TPSA) is 130 Å². The first kappa shape index (κ1) is 25.6. The summed E-state index contributed by atoms with van der Waals surface area (Å²) in [6.07, 6.45) is 2.92. The first-order valence-electron chi connectivity index (χ1n) is 11.6. The smallest absolute Gasteiger partial charge is 0.410 e.